The average Bonchev–Trinajstić information content (AvgIpc) is 3.11. The zero-order valence-electron chi connectivity index (χ0n) is 11.9. The summed E-state index contributed by atoms with van der Waals surface area (Å²) in [5.41, 5.74) is 1.38. The topological polar surface area (TPSA) is 46.8 Å². The Morgan fingerprint density at radius 2 is 2.40 bits per heavy atom. The molecule has 1 fully saturated rings. The summed E-state index contributed by atoms with van der Waals surface area (Å²) < 4.78 is 6.85. The molecule has 0 radical (unpaired) electrons. The van der Waals surface area contributed by atoms with Gasteiger partial charge in [0.1, 0.15) is 5.82 Å². The van der Waals surface area contributed by atoms with E-state index in [9.17, 15) is 4.79 Å². The molecule has 20 heavy (non-hydrogen) atoms. The van der Waals surface area contributed by atoms with E-state index in [0.29, 0.717) is 11.6 Å². The number of fused-ring (bicyclic) bond motifs is 1. The van der Waals surface area contributed by atoms with E-state index < -0.39 is 0 Å². The van der Waals surface area contributed by atoms with Crippen LogP contribution in [-0.4, -0.2) is 40.5 Å². The van der Waals surface area contributed by atoms with Gasteiger partial charge in [-0.05, 0) is 38.1 Å². The molecule has 0 spiro atoms. The number of ether oxygens (including phenoxy) is 1. The van der Waals surface area contributed by atoms with Gasteiger partial charge in [-0.1, -0.05) is 6.92 Å². The summed E-state index contributed by atoms with van der Waals surface area (Å²) in [4.78, 5) is 18.8. The number of rotatable bonds is 3. The first kappa shape index (κ1) is 13.1. The van der Waals surface area contributed by atoms with Crippen LogP contribution in [0.1, 0.15) is 42.0 Å². The zero-order valence-corrected chi connectivity index (χ0v) is 11.9. The van der Waals surface area contributed by atoms with Crippen LogP contribution in [0.5, 0.6) is 0 Å². The molecule has 1 atom stereocenters. The first-order chi connectivity index (χ1) is 9.76. The Hall–Kier alpha value is -1.88. The summed E-state index contributed by atoms with van der Waals surface area (Å²) in [5.74, 6) is 0.700. The fraction of sp³-hybridized carbons (Fsp3) is 0.467. The van der Waals surface area contributed by atoms with Crippen molar-refractivity contribution in [1.29, 1.82) is 0 Å². The lowest BCUT2D eigenvalue weighted by Crippen LogP contribution is -2.24. The van der Waals surface area contributed by atoms with Crippen LogP contribution in [0.15, 0.2) is 24.5 Å². The monoisotopic (exact) mass is 273 g/mol. The van der Waals surface area contributed by atoms with Crippen molar-refractivity contribution in [3.63, 3.8) is 0 Å². The van der Waals surface area contributed by atoms with Crippen molar-refractivity contribution < 1.29 is 9.53 Å². The van der Waals surface area contributed by atoms with Crippen molar-refractivity contribution in [1.82, 2.24) is 14.3 Å². The Bertz CT molecular complexity index is 635. The Labute approximate surface area is 118 Å². The number of carbonyl (C=O) groups is 1. The van der Waals surface area contributed by atoms with Gasteiger partial charge < -0.3 is 9.14 Å². The smallest absolute Gasteiger partial charge is 0.340 e. The molecule has 0 N–H and O–H groups in total. The molecule has 2 aromatic rings. The van der Waals surface area contributed by atoms with E-state index in [2.05, 4.69) is 16.8 Å². The Kier molecular flexibility index (Phi) is 3.44. The molecule has 0 bridgehead atoms. The standard InChI is InChI=1S/C15H19N3O2/c1-3-17-8-5-7-12(17)14-16-10-13-11(15(19)20-2)6-4-9-18(13)14/h4,6,9-10,12H,3,5,7-8H2,1-2H3. The van der Waals surface area contributed by atoms with Crippen LogP contribution in [0.4, 0.5) is 0 Å². The minimum Gasteiger partial charge on any atom is -0.465 e. The molecule has 1 unspecified atom stereocenters. The Morgan fingerprint density at radius 1 is 1.55 bits per heavy atom. The van der Waals surface area contributed by atoms with E-state index in [1.165, 1.54) is 13.5 Å². The predicted molar refractivity (Wildman–Crippen MR) is 75.8 cm³/mol. The first-order valence-electron chi connectivity index (χ1n) is 7.04. The van der Waals surface area contributed by atoms with Gasteiger partial charge in [0, 0.05) is 6.20 Å². The van der Waals surface area contributed by atoms with Gasteiger partial charge in [0.25, 0.3) is 0 Å². The van der Waals surface area contributed by atoms with E-state index in [1.54, 1.807) is 12.3 Å². The maximum Gasteiger partial charge on any atom is 0.340 e. The van der Waals surface area contributed by atoms with Gasteiger partial charge in [0.2, 0.25) is 0 Å². The normalized spacial score (nSPS) is 19.6. The molecule has 106 valence electrons. The van der Waals surface area contributed by atoms with E-state index in [4.69, 9.17) is 4.74 Å². The molecule has 3 heterocycles. The van der Waals surface area contributed by atoms with Gasteiger partial charge in [-0.25, -0.2) is 9.78 Å². The predicted octanol–water partition coefficient (Wildman–Crippen LogP) is 2.28. The largest absolute Gasteiger partial charge is 0.465 e. The second kappa shape index (κ2) is 5.25. The number of hydrogen-bond donors (Lipinski definition) is 0. The van der Waals surface area contributed by atoms with Crippen LogP contribution in [0, 0.1) is 0 Å². The van der Waals surface area contributed by atoms with Gasteiger partial charge in [0.05, 0.1) is 30.4 Å². The highest BCUT2D eigenvalue weighted by Crippen LogP contribution is 2.31. The molecule has 5 nitrogen and oxygen atoms in total. The minimum absolute atomic E-state index is 0.319. The molecule has 0 saturated carbocycles. The van der Waals surface area contributed by atoms with Gasteiger partial charge in [0.15, 0.2) is 0 Å². The summed E-state index contributed by atoms with van der Waals surface area (Å²) in [6.45, 7) is 4.32. The minimum atomic E-state index is -0.319. The molecular formula is C15H19N3O2. The van der Waals surface area contributed by atoms with Crippen LogP contribution in [-0.2, 0) is 4.74 Å². The van der Waals surface area contributed by atoms with Crippen LogP contribution in [0.25, 0.3) is 5.52 Å². The SMILES string of the molecule is CCN1CCCC1c1ncc2c(C(=O)OC)cccn12. The van der Waals surface area contributed by atoms with Gasteiger partial charge in [-0.15, -0.1) is 0 Å². The van der Waals surface area contributed by atoms with Crippen molar-refractivity contribution in [2.45, 2.75) is 25.8 Å². The number of pyridine rings is 1. The van der Waals surface area contributed by atoms with Crippen LogP contribution in [0.2, 0.25) is 0 Å². The van der Waals surface area contributed by atoms with Crippen molar-refractivity contribution in [3.8, 4) is 0 Å². The summed E-state index contributed by atoms with van der Waals surface area (Å²) in [7, 11) is 1.40. The number of esters is 1. The van der Waals surface area contributed by atoms with Crippen molar-refractivity contribution in [2.24, 2.45) is 0 Å². The summed E-state index contributed by atoms with van der Waals surface area (Å²) in [6.07, 6.45) is 6.06. The number of imidazole rings is 1. The lowest BCUT2D eigenvalue weighted by Gasteiger charge is -2.21. The molecule has 5 heteroatoms. The van der Waals surface area contributed by atoms with Crippen molar-refractivity contribution in [2.75, 3.05) is 20.2 Å². The van der Waals surface area contributed by atoms with Crippen LogP contribution >= 0.6 is 0 Å². The fourth-order valence-corrected chi connectivity index (χ4v) is 3.07. The second-order valence-electron chi connectivity index (χ2n) is 5.07. The highest BCUT2D eigenvalue weighted by Gasteiger charge is 2.28. The summed E-state index contributed by atoms with van der Waals surface area (Å²) >= 11 is 0. The second-order valence-corrected chi connectivity index (χ2v) is 5.07. The lowest BCUT2D eigenvalue weighted by atomic mass is 10.2. The van der Waals surface area contributed by atoms with E-state index in [1.807, 2.05) is 16.7 Å². The summed E-state index contributed by atoms with van der Waals surface area (Å²) in [5, 5.41) is 0. The fourth-order valence-electron chi connectivity index (χ4n) is 3.07. The molecule has 0 aliphatic carbocycles. The molecule has 1 saturated heterocycles. The molecule has 1 aliphatic rings. The maximum atomic E-state index is 11.8. The number of aromatic nitrogens is 2. The lowest BCUT2D eigenvalue weighted by molar-refractivity contribution is 0.0602. The van der Waals surface area contributed by atoms with Gasteiger partial charge in [-0.2, -0.15) is 0 Å². The molecule has 0 amide bonds. The van der Waals surface area contributed by atoms with Gasteiger partial charge in [-0.3, -0.25) is 4.90 Å². The molecule has 3 rings (SSSR count). The highest BCUT2D eigenvalue weighted by molar-refractivity contribution is 5.96. The number of nitrogens with zero attached hydrogens (tertiary/aromatic N) is 3. The first-order valence-corrected chi connectivity index (χ1v) is 7.04. The van der Waals surface area contributed by atoms with Crippen LogP contribution in [0.3, 0.4) is 0 Å². The molecule has 0 aromatic carbocycles. The Balaban J connectivity index is 2.08. The average molecular weight is 273 g/mol. The third kappa shape index (κ3) is 1.98. The van der Waals surface area contributed by atoms with Crippen molar-refractivity contribution in [3.05, 3.63) is 35.9 Å². The molecule has 2 aromatic heterocycles. The van der Waals surface area contributed by atoms with E-state index in [-0.39, 0.29) is 5.97 Å². The number of hydrogen-bond acceptors (Lipinski definition) is 4. The van der Waals surface area contributed by atoms with E-state index >= 15 is 0 Å². The number of carbonyl (C=O) groups excluding carboxylic acids is 1. The molecular weight excluding hydrogens is 254 g/mol. The zero-order chi connectivity index (χ0) is 14.1. The third-order valence-electron chi connectivity index (χ3n) is 4.07. The maximum absolute atomic E-state index is 11.8. The quantitative estimate of drug-likeness (QED) is 0.805. The third-order valence-corrected chi connectivity index (χ3v) is 4.07. The summed E-state index contributed by atoms with van der Waals surface area (Å²) in [6, 6.07) is 3.99. The Morgan fingerprint density at radius 3 is 3.15 bits per heavy atom. The van der Waals surface area contributed by atoms with E-state index in [0.717, 1.165) is 30.9 Å². The highest BCUT2D eigenvalue weighted by atomic mass is 16.5. The number of methoxy groups -OCH3 is 1. The van der Waals surface area contributed by atoms with Crippen LogP contribution < -0.4 is 0 Å². The van der Waals surface area contributed by atoms with Crippen molar-refractivity contribution >= 4 is 11.5 Å². The number of likely N-dealkylation sites (tertiary alicyclic amines) is 1. The van der Waals surface area contributed by atoms with Gasteiger partial charge >= 0.3 is 5.97 Å². The molecule has 1 aliphatic heterocycles.